The third-order valence-electron chi connectivity index (χ3n) is 2.88. The third-order valence-corrected chi connectivity index (χ3v) is 2.88. The highest BCUT2D eigenvalue weighted by atomic mass is 16.6. The van der Waals surface area contributed by atoms with Crippen molar-refractivity contribution in [2.24, 2.45) is 0 Å². The van der Waals surface area contributed by atoms with E-state index in [1.165, 1.54) is 32.1 Å². The Labute approximate surface area is 104 Å². The third kappa shape index (κ3) is 7.21. The lowest BCUT2D eigenvalue weighted by molar-refractivity contribution is 0.0484. The average Bonchev–Trinajstić information content (AvgIpc) is 2.13. The monoisotopic (exact) mass is 242 g/mol. The summed E-state index contributed by atoms with van der Waals surface area (Å²) in [6.45, 7) is 5.59. The smallest absolute Gasteiger partial charge is 0.422 e. The summed E-state index contributed by atoms with van der Waals surface area (Å²) in [4.78, 5) is 11.5. The number of hydrogen-bond donors (Lipinski definition) is 2. The standard InChI is InChI=1S/C13H26N2O2/c1-13(2,3)17-12(16)15-14-11-9-7-5-4-6-8-10-11/h11,14H,4-10H2,1-3H3,(H,15,16). The van der Waals surface area contributed by atoms with E-state index in [0.717, 1.165) is 12.8 Å². The minimum absolute atomic E-state index is 0.389. The Balaban J connectivity index is 2.21. The molecule has 0 bridgehead atoms. The quantitative estimate of drug-likeness (QED) is 0.731. The van der Waals surface area contributed by atoms with Crippen molar-refractivity contribution in [1.82, 2.24) is 10.9 Å². The summed E-state index contributed by atoms with van der Waals surface area (Å²) in [7, 11) is 0. The fraction of sp³-hybridized carbons (Fsp3) is 0.923. The molecule has 17 heavy (non-hydrogen) atoms. The molecule has 1 saturated carbocycles. The molecule has 1 aliphatic rings. The van der Waals surface area contributed by atoms with Gasteiger partial charge in [-0.05, 0) is 33.6 Å². The van der Waals surface area contributed by atoms with Crippen LogP contribution in [0.15, 0.2) is 0 Å². The Morgan fingerprint density at radius 1 is 1.06 bits per heavy atom. The van der Waals surface area contributed by atoms with Crippen LogP contribution in [0.25, 0.3) is 0 Å². The highest BCUT2D eigenvalue weighted by Gasteiger charge is 2.17. The molecular formula is C13H26N2O2. The van der Waals surface area contributed by atoms with Crippen LogP contribution in [0.2, 0.25) is 0 Å². The number of hydrazine groups is 1. The van der Waals surface area contributed by atoms with Gasteiger partial charge in [0, 0.05) is 6.04 Å². The molecule has 0 saturated heterocycles. The lowest BCUT2D eigenvalue weighted by atomic mass is 9.97. The Hall–Kier alpha value is -0.770. The van der Waals surface area contributed by atoms with Crippen LogP contribution >= 0.6 is 0 Å². The minimum Gasteiger partial charge on any atom is -0.443 e. The summed E-state index contributed by atoms with van der Waals surface area (Å²) in [6, 6.07) is 0.391. The molecule has 0 spiro atoms. The Bertz CT molecular complexity index is 228. The normalized spacial score (nSPS) is 19.2. The first-order valence-electron chi connectivity index (χ1n) is 6.72. The van der Waals surface area contributed by atoms with Gasteiger partial charge >= 0.3 is 6.09 Å². The highest BCUT2D eigenvalue weighted by Crippen LogP contribution is 2.16. The van der Waals surface area contributed by atoms with Gasteiger partial charge < -0.3 is 4.74 Å². The van der Waals surface area contributed by atoms with Crippen molar-refractivity contribution < 1.29 is 9.53 Å². The Morgan fingerprint density at radius 2 is 1.59 bits per heavy atom. The topological polar surface area (TPSA) is 50.4 Å². The van der Waals surface area contributed by atoms with Crippen LogP contribution in [-0.2, 0) is 4.74 Å². The van der Waals surface area contributed by atoms with Crippen LogP contribution in [0.4, 0.5) is 4.79 Å². The predicted octanol–water partition coefficient (Wildman–Crippen LogP) is 3.13. The maximum atomic E-state index is 11.5. The second-order valence-electron chi connectivity index (χ2n) is 5.81. The average molecular weight is 242 g/mol. The van der Waals surface area contributed by atoms with E-state index >= 15 is 0 Å². The van der Waals surface area contributed by atoms with E-state index < -0.39 is 5.60 Å². The van der Waals surface area contributed by atoms with Crippen molar-refractivity contribution in [1.29, 1.82) is 0 Å². The first-order valence-corrected chi connectivity index (χ1v) is 6.72. The maximum Gasteiger partial charge on any atom is 0.422 e. The number of carbonyl (C=O) groups excluding carboxylic acids is 1. The summed E-state index contributed by atoms with van der Waals surface area (Å²) in [5.74, 6) is 0. The van der Waals surface area contributed by atoms with E-state index in [0.29, 0.717) is 6.04 Å². The zero-order chi connectivity index (χ0) is 12.7. The molecule has 0 unspecified atom stereocenters. The van der Waals surface area contributed by atoms with Gasteiger partial charge in [0.05, 0.1) is 0 Å². The molecule has 1 amide bonds. The molecule has 1 rings (SSSR count). The number of amides is 1. The fourth-order valence-corrected chi connectivity index (χ4v) is 2.07. The molecule has 0 radical (unpaired) electrons. The van der Waals surface area contributed by atoms with Gasteiger partial charge in [-0.25, -0.2) is 10.2 Å². The van der Waals surface area contributed by atoms with Gasteiger partial charge in [0.1, 0.15) is 5.60 Å². The molecule has 2 N–H and O–H groups in total. The second-order valence-corrected chi connectivity index (χ2v) is 5.81. The van der Waals surface area contributed by atoms with Crippen LogP contribution in [0.1, 0.15) is 65.7 Å². The van der Waals surface area contributed by atoms with E-state index in [1.807, 2.05) is 20.8 Å². The van der Waals surface area contributed by atoms with Crippen LogP contribution in [0.5, 0.6) is 0 Å². The molecule has 4 nitrogen and oxygen atoms in total. The number of ether oxygens (including phenoxy) is 1. The summed E-state index contributed by atoms with van der Waals surface area (Å²) < 4.78 is 5.17. The molecule has 0 aromatic carbocycles. The van der Waals surface area contributed by atoms with Gasteiger partial charge in [-0.3, -0.25) is 5.43 Å². The van der Waals surface area contributed by atoms with Crippen molar-refractivity contribution in [3.05, 3.63) is 0 Å². The van der Waals surface area contributed by atoms with Crippen molar-refractivity contribution in [2.45, 2.75) is 77.4 Å². The van der Waals surface area contributed by atoms with Crippen molar-refractivity contribution in [3.63, 3.8) is 0 Å². The van der Waals surface area contributed by atoms with Crippen LogP contribution < -0.4 is 10.9 Å². The summed E-state index contributed by atoms with van der Waals surface area (Å²) in [5, 5.41) is 0. The summed E-state index contributed by atoms with van der Waals surface area (Å²) in [5.41, 5.74) is 5.30. The fourth-order valence-electron chi connectivity index (χ4n) is 2.07. The zero-order valence-electron chi connectivity index (χ0n) is 11.3. The first-order chi connectivity index (χ1) is 7.97. The second kappa shape index (κ2) is 6.84. The molecule has 0 aromatic rings. The van der Waals surface area contributed by atoms with Gasteiger partial charge in [0.15, 0.2) is 0 Å². The van der Waals surface area contributed by atoms with E-state index in [2.05, 4.69) is 10.9 Å². The predicted molar refractivity (Wildman–Crippen MR) is 68.6 cm³/mol. The van der Waals surface area contributed by atoms with Crippen LogP contribution in [0, 0.1) is 0 Å². The minimum atomic E-state index is -0.438. The first kappa shape index (κ1) is 14.3. The van der Waals surface area contributed by atoms with Gasteiger partial charge in [-0.2, -0.15) is 0 Å². The van der Waals surface area contributed by atoms with Crippen molar-refractivity contribution in [3.8, 4) is 0 Å². The van der Waals surface area contributed by atoms with Gasteiger partial charge in [-0.1, -0.05) is 32.1 Å². The lowest BCUT2D eigenvalue weighted by Gasteiger charge is -2.24. The van der Waals surface area contributed by atoms with Crippen LogP contribution in [-0.4, -0.2) is 17.7 Å². The number of carbonyl (C=O) groups is 1. The molecular weight excluding hydrogens is 216 g/mol. The molecule has 100 valence electrons. The summed E-state index contributed by atoms with van der Waals surface area (Å²) >= 11 is 0. The Morgan fingerprint density at radius 3 is 2.12 bits per heavy atom. The van der Waals surface area contributed by atoms with Gasteiger partial charge in [0.25, 0.3) is 0 Å². The number of nitrogens with one attached hydrogen (secondary N) is 2. The molecule has 0 atom stereocenters. The van der Waals surface area contributed by atoms with Gasteiger partial charge in [0.2, 0.25) is 0 Å². The molecule has 1 aliphatic carbocycles. The Kier molecular flexibility index (Phi) is 5.75. The van der Waals surface area contributed by atoms with Crippen molar-refractivity contribution >= 4 is 6.09 Å². The maximum absolute atomic E-state index is 11.5. The number of rotatable bonds is 2. The largest absolute Gasteiger partial charge is 0.443 e. The highest BCUT2D eigenvalue weighted by molar-refractivity contribution is 5.67. The SMILES string of the molecule is CC(C)(C)OC(=O)NNC1CCCCCCC1. The van der Waals surface area contributed by atoms with Crippen molar-refractivity contribution in [2.75, 3.05) is 0 Å². The lowest BCUT2D eigenvalue weighted by Crippen LogP contribution is -2.46. The number of hydrogen-bond acceptors (Lipinski definition) is 3. The van der Waals surface area contributed by atoms with E-state index in [4.69, 9.17) is 4.74 Å². The van der Waals surface area contributed by atoms with E-state index in [9.17, 15) is 4.79 Å². The summed E-state index contributed by atoms with van der Waals surface area (Å²) in [6.07, 6.45) is 8.34. The van der Waals surface area contributed by atoms with Gasteiger partial charge in [-0.15, -0.1) is 0 Å². The van der Waals surface area contributed by atoms with E-state index in [1.54, 1.807) is 0 Å². The molecule has 0 aliphatic heterocycles. The molecule has 0 aromatic heterocycles. The molecule has 4 heteroatoms. The van der Waals surface area contributed by atoms with E-state index in [-0.39, 0.29) is 6.09 Å². The van der Waals surface area contributed by atoms with Crippen LogP contribution in [0.3, 0.4) is 0 Å². The zero-order valence-corrected chi connectivity index (χ0v) is 11.3. The molecule has 1 fully saturated rings. The molecule has 0 heterocycles.